The van der Waals surface area contributed by atoms with Gasteiger partial charge < -0.3 is 10.1 Å². The maximum absolute atomic E-state index is 13.8. The van der Waals surface area contributed by atoms with Crippen molar-refractivity contribution in [2.24, 2.45) is 0 Å². The third kappa shape index (κ3) is 3.43. The van der Waals surface area contributed by atoms with Gasteiger partial charge in [-0.1, -0.05) is 36.4 Å². The summed E-state index contributed by atoms with van der Waals surface area (Å²) in [5, 5.41) is 4.80. The molecule has 0 radical (unpaired) electrons. The van der Waals surface area contributed by atoms with Gasteiger partial charge >= 0.3 is 6.18 Å². The number of aromatic amines is 1. The van der Waals surface area contributed by atoms with Gasteiger partial charge in [-0.15, -0.1) is 0 Å². The molecule has 1 aliphatic heterocycles. The Bertz CT molecular complexity index is 1460. The van der Waals surface area contributed by atoms with E-state index in [1.807, 2.05) is 0 Å². The van der Waals surface area contributed by atoms with Crippen LogP contribution in [0.3, 0.4) is 0 Å². The topological polar surface area (TPSA) is 88.5 Å². The van der Waals surface area contributed by atoms with Crippen molar-refractivity contribution in [2.75, 3.05) is 11.9 Å². The Labute approximate surface area is 184 Å². The van der Waals surface area contributed by atoms with E-state index in [1.165, 1.54) is 19.1 Å². The Balaban J connectivity index is 1.66. The molecule has 0 spiro atoms. The van der Waals surface area contributed by atoms with Gasteiger partial charge in [0.25, 0.3) is 11.5 Å². The first-order valence-electron chi connectivity index (χ1n) is 10.1. The molecule has 168 valence electrons. The number of rotatable bonds is 3. The Morgan fingerprint density at radius 2 is 1.91 bits per heavy atom. The monoisotopic (exact) mass is 454 g/mol. The number of alkyl halides is 3. The normalized spacial score (nSPS) is 13.1. The number of carbonyl (C=O) groups excluding carboxylic acids is 1. The van der Waals surface area contributed by atoms with E-state index in [2.05, 4.69) is 15.4 Å². The number of benzene rings is 2. The fourth-order valence-corrected chi connectivity index (χ4v) is 4.05. The summed E-state index contributed by atoms with van der Waals surface area (Å²) in [6.07, 6.45) is -4.18. The summed E-state index contributed by atoms with van der Waals surface area (Å²) in [6, 6.07) is 13.0. The summed E-state index contributed by atoms with van der Waals surface area (Å²) in [5.74, 6) is -0.120. The SMILES string of the molecule is Cc1nc2c(-c3ccccc3)c(C(F)(F)F)[nH]n2c(=O)c1C(=O)Nc1cccc2c1CCO2. The van der Waals surface area contributed by atoms with E-state index in [0.717, 1.165) is 5.56 Å². The van der Waals surface area contributed by atoms with Crippen LogP contribution in [0.2, 0.25) is 0 Å². The first kappa shape index (κ1) is 20.8. The summed E-state index contributed by atoms with van der Waals surface area (Å²) in [7, 11) is 0. The summed E-state index contributed by atoms with van der Waals surface area (Å²) >= 11 is 0. The number of fused-ring (bicyclic) bond motifs is 2. The van der Waals surface area contributed by atoms with Crippen LogP contribution in [0.25, 0.3) is 16.8 Å². The van der Waals surface area contributed by atoms with E-state index >= 15 is 0 Å². The molecule has 0 fully saturated rings. The van der Waals surface area contributed by atoms with Gasteiger partial charge in [0.2, 0.25) is 0 Å². The molecule has 7 nitrogen and oxygen atoms in total. The summed E-state index contributed by atoms with van der Waals surface area (Å²) in [5.41, 5.74) is -1.32. The third-order valence-corrected chi connectivity index (χ3v) is 5.53. The Hall–Kier alpha value is -4.08. The van der Waals surface area contributed by atoms with E-state index in [0.29, 0.717) is 29.0 Å². The van der Waals surface area contributed by atoms with E-state index in [-0.39, 0.29) is 28.0 Å². The number of ether oxygens (including phenoxy) is 1. The lowest BCUT2D eigenvalue weighted by Crippen LogP contribution is -2.29. The molecule has 3 heterocycles. The molecule has 0 saturated heterocycles. The lowest BCUT2D eigenvalue weighted by atomic mass is 10.1. The molecular formula is C23H17F3N4O3. The minimum absolute atomic E-state index is 0.0197. The van der Waals surface area contributed by atoms with E-state index in [4.69, 9.17) is 4.74 Å². The number of carbonyl (C=O) groups is 1. The van der Waals surface area contributed by atoms with Crippen molar-refractivity contribution in [1.29, 1.82) is 0 Å². The van der Waals surface area contributed by atoms with Crippen LogP contribution in [0, 0.1) is 6.92 Å². The Morgan fingerprint density at radius 1 is 1.15 bits per heavy atom. The number of amides is 1. The molecule has 0 aliphatic carbocycles. The van der Waals surface area contributed by atoms with Crippen LogP contribution in [-0.2, 0) is 12.6 Å². The zero-order valence-electron chi connectivity index (χ0n) is 17.3. The largest absolute Gasteiger partial charge is 0.493 e. The van der Waals surface area contributed by atoms with Crippen molar-refractivity contribution in [1.82, 2.24) is 14.6 Å². The Morgan fingerprint density at radius 3 is 2.64 bits per heavy atom. The maximum atomic E-state index is 13.8. The molecule has 33 heavy (non-hydrogen) atoms. The van der Waals surface area contributed by atoms with Crippen LogP contribution < -0.4 is 15.6 Å². The number of H-pyrrole nitrogens is 1. The summed E-state index contributed by atoms with van der Waals surface area (Å²) < 4.78 is 47.6. The molecule has 2 N–H and O–H groups in total. The molecule has 5 rings (SSSR count). The van der Waals surface area contributed by atoms with Crippen molar-refractivity contribution in [2.45, 2.75) is 19.5 Å². The second kappa shape index (κ2) is 7.51. The number of anilines is 1. The highest BCUT2D eigenvalue weighted by atomic mass is 19.4. The lowest BCUT2D eigenvalue weighted by molar-refractivity contribution is -0.140. The molecule has 1 aliphatic rings. The quantitative estimate of drug-likeness (QED) is 0.486. The number of halogens is 3. The summed E-state index contributed by atoms with van der Waals surface area (Å²) in [4.78, 5) is 30.4. The van der Waals surface area contributed by atoms with Gasteiger partial charge in [0.15, 0.2) is 5.65 Å². The predicted molar refractivity (Wildman–Crippen MR) is 115 cm³/mol. The van der Waals surface area contributed by atoms with Gasteiger partial charge in [-0.05, 0) is 24.6 Å². The number of aromatic nitrogens is 3. The summed E-state index contributed by atoms with van der Waals surface area (Å²) in [6.45, 7) is 1.90. The van der Waals surface area contributed by atoms with E-state index in [1.54, 1.807) is 36.4 Å². The third-order valence-electron chi connectivity index (χ3n) is 5.53. The molecule has 0 atom stereocenters. The number of hydrogen-bond donors (Lipinski definition) is 2. The van der Waals surface area contributed by atoms with Gasteiger partial charge in [-0.3, -0.25) is 14.7 Å². The molecule has 0 bridgehead atoms. The van der Waals surface area contributed by atoms with Crippen LogP contribution in [0.1, 0.15) is 27.3 Å². The molecule has 10 heteroatoms. The second-order valence-electron chi connectivity index (χ2n) is 7.60. The van der Waals surface area contributed by atoms with Crippen molar-refractivity contribution in [3.05, 3.63) is 81.4 Å². The zero-order valence-corrected chi connectivity index (χ0v) is 17.3. The second-order valence-corrected chi connectivity index (χ2v) is 7.60. The van der Waals surface area contributed by atoms with Crippen LogP contribution in [-0.4, -0.2) is 27.1 Å². The molecule has 0 unspecified atom stereocenters. The van der Waals surface area contributed by atoms with Gasteiger partial charge in [0.05, 0.1) is 17.9 Å². The minimum atomic E-state index is -4.77. The molecule has 2 aromatic heterocycles. The highest BCUT2D eigenvalue weighted by Gasteiger charge is 2.38. The van der Waals surface area contributed by atoms with Crippen molar-refractivity contribution < 1.29 is 22.7 Å². The van der Waals surface area contributed by atoms with Crippen LogP contribution >= 0.6 is 0 Å². The van der Waals surface area contributed by atoms with E-state index in [9.17, 15) is 22.8 Å². The number of aryl methyl sites for hydroxylation is 1. The average molecular weight is 454 g/mol. The number of nitrogens with zero attached hydrogens (tertiary/aromatic N) is 2. The van der Waals surface area contributed by atoms with Crippen molar-refractivity contribution in [3.8, 4) is 16.9 Å². The molecule has 1 amide bonds. The standard InChI is InChI=1S/C23H17F3N4O3/c1-12-17(21(31)28-15-8-5-9-16-14(15)10-11-33-16)22(32)30-20(27-12)18(13-6-3-2-4-7-13)19(29-30)23(24,25)26/h2-9,29H,10-11H2,1H3,(H,28,31). The highest BCUT2D eigenvalue weighted by molar-refractivity contribution is 6.05. The molecular weight excluding hydrogens is 437 g/mol. The van der Waals surface area contributed by atoms with Crippen LogP contribution in [0.4, 0.5) is 18.9 Å². The molecule has 0 saturated carbocycles. The van der Waals surface area contributed by atoms with Gasteiger partial charge in [0.1, 0.15) is 17.0 Å². The lowest BCUT2D eigenvalue weighted by Gasteiger charge is -2.10. The average Bonchev–Trinajstić information content (AvgIpc) is 3.40. The maximum Gasteiger partial charge on any atom is 0.433 e. The minimum Gasteiger partial charge on any atom is -0.493 e. The van der Waals surface area contributed by atoms with Gasteiger partial charge in [-0.25, -0.2) is 4.98 Å². The van der Waals surface area contributed by atoms with Crippen molar-refractivity contribution >= 4 is 17.2 Å². The van der Waals surface area contributed by atoms with Gasteiger partial charge in [0, 0.05) is 17.7 Å². The Kier molecular flexibility index (Phi) is 4.73. The highest BCUT2D eigenvalue weighted by Crippen LogP contribution is 2.38. The molecule has 2 aromatic carbocycles. The number of nitrogens with one attached hydrogen (secondary N) is 2. The first-order valence-corrected chi connectivity index (χ1v) is 10.1. The van der Waals surface area contributed by atoms with Gasteiger partial charge in [-0.2, -0.15) is 17.7 Å². The molecule has 4 aromatic rings. The first-order chi connectivity index (χ1) is 15.8. The van der Waals surface area contributed by atoms with E-state index < -0.39 is 23.3 Å². The van der Waals surface area contributed by atoms with Crippen LogP contribution in [0.5, 0.6) is 5.75 Å². The smallest absolute Gasteiger partial charge is 0.433 e. The number of hydrogen-bond acceptors (Lipinski definition) is 4. The van der Waals surface area contributed by atoms with Crippen molar-refractivity contribution in [3.63, 3.8) is 0 Å². The van der Waals surface area contributed by atoms with Crippen LogP contribution in [0.15, 0.2) is 53.3 Å². The zero-order chi connectivity index (χ0) is 23.3. The fourth-order valence-electron chi connectivity index (χ4n) is 4.05. The predicted octanol–water partition coefficient (Wildman–Crippen LogP) is 4.20. The fraction of sp³-hybridized carbons (Fsp3) is 0.174.